The summed E-state index contributed by atoms with van der Waals surface area (Å²) in [5.41, 5.74) is 3.32. The van der Waals surface area contributed by atoms with Crippen LogP contribution in [0, 0.1) is 88.8 Å². The molecule has 1 saturated heterocycles. The molecule has 9 unspecified atom stereocenters. The minimum atomic E-state index is -2.16. The summed E-state index contributed by atoms with van der Waals surface area (Å²) < 4.78 is 42.9. The number of carboxylic acids is 2. The fraction of sp³-hybridized carbons (Fsp3) is 0.571. The number of hydrogen-bond donors (Lipinski definition) is 5. The van der Waals surface area contributed by atoms with Crippen molar-refractivity contribution in [3.05, 3.63) is 88.0 Å². The molecular formula is C84H95NaO27. The van der Waals surface area contributed by atoms with E-state index in [0.717, 1.165) is 155 Å². The second-order valence-corrected chi connectivity index (χ2v) is 31.8. The number of phenols is 1. The summed E-state index contributed by atoms with van der Waals surface area (Å²) in [4.78, 5) is 138. The van der Waals surface area contributed by atoms with Crippen LogP contribution in [0.4, 0.5) is 0 Å². The summed E-state index contributed by atoms with van der Waals surface area (Å²) in [7, 11) is 0. The number of aliphatic carboxylic acids is 2. The molecule has 28 heteroatoms. The average Bonchev–Trinajstić information content (AvgIpc) is 1.51. The predicted molar refractivity (Wildman–Crippen MR) is 385 cm³/mol. The Hall–Kier alpha value is -9.14. The molecule has 0 spiro atoms. The van der Waals surface area contributed by atoms with E-state index >= 15 is 0 Å². The van der Waals surface area contributed by atoms with Crippen LogP contribution in [-0.4, -0.2) is 151 Å². The van der Waals surface area contributed by atoms with E-state index in [1.165, 1.54) is 22.3 Å². The monoisotopic (exact) mass is 1560 g/mol. The molecular weight excluding hydrogens is 1460 g/mol. The van der Waals surface area contributed by atoms with Gasteiger partial charge in [-0.05, 0) is 239 Å². The van der Waals surface area contributed by atoms with Crippen LogP contribution in [-0.2, 0) is 110 Å². The van der Waals surface area contributed by atoms with Gasteiger partial charge in [0.2, 0.25) is 30.5 Å². The Morgan fingerprint density at radius 1 is 0.455 bits per heavy atom. The molecule has 3 aromatic rings. The molecule has 21 atom stereocenters. The minimum Gasteiger partial charge on any atom is -0.546 e. The topological polar surface area (TPSA) is 412 Å². The largest absolute Gasteiger partial charge is 1.00 e. The molecule has 10 aliphatic rings. The van der Waals surface area contributed by atoms with Crippen molar-refractivity contribution in [2.75, 3.05) is 0 Å². The number of phenolic OH excluding ortho intramolecular Hbond substituents is 1. The molecule has 1 heterocycles. The van der Waals surface area contributed by atoms with Crippen molar-refractivity contribution in [3.8, 4) is 54.3 Å². The van der Waals surface area contributed by atoms with Gasteiger partial charge in [0.1, 0.15) is 34.1 Å². The first-order valence-electron chi connectivity index (χ1n) is 37.5. The zero-order valence-corrected chi connectivity index (χ0v) is 66.5. The molecule has 0 aromatic heterocycles. The SMILES string of the molecule is C#C[C@]1(O)CCC2C3CCc4cc(O)ccc4C3CC[C@@]21C.C#C[C@]1(O)CCC2C3CCc4cc(OC(=O)[C@H](OC(C)=O)[C@H](OC(C)=O)C(=O)O)ccc4C3CC[C@@]21C.C#C[C@]1(O)CCC2C3CCc4cc(OC(=O)[C@H](OC(C)=O)[C@H](OC(C)=O)C(=O)[O-])ccc4C3CC[C@@]21C.CC(=O)O[C@@H]1C(=O)OC(=O)[C@H]1OC(C)=O.[Na+]. The number of aryl methyl sites for hydroxylation is 3. The molecule has 5 N–H and O–H groups in total. The van der Waals surface area contributed by atoms with E-state index in [0.29, 0.717) is 71.9 Å². The summed E-state index contributed by atoms with van der Waals surface area (Å²) in [5.74, 6) is -0.817. The van der Waals surface area contributed by atoms with Gasteiger partial charge < -0.3 is 78.1 Å². The van der Waals surface area contributed by atoms with Crippen molar-refractivity contribution >= 4 is 71.6 Å². The van der Waals surface area contributed by atoms with Gasteiger partial charge in [0.25, 0.3) is 0 Å². The van der Waals surface area contributed by atoms with Gasteiger partial charge in [0, 0.05) is 57.8 Å². The Bertz CT molecular complexity index is 4160. The number of carboxylic acid groups (broad SMARTS) is 2. The third-order valence-electron chi connectivity index (χ3n) is 25.9. The van der Waals surface area contributed by atoms with E-state index in [4.69, 9.17) is 43.0 Å². The van der Waals surface area contributed by atoms with E-state index in [2.05, 4.69) is 63.5 Å². The standard InChI is InChI=1S/2C28H32O9.C20H24O2.C8H8O7.Na/c2*1-5-28(34)13-11-22-21-8-6-17-14-18(7-9-19(17)20(21)10-12-27(22,28)4)37-26(33)24(36-16(3)30)23(25(31)32)35-15(2)29;1-3-20(22)11-9-18-17-6-4-13-12-14(21)5-7-15(13)16(17)8-10-19(18,20)2;1-3(9)13-5-6(14-4(2)10)8(12)15-7(5)11;/h2*1,7,9,14,20-24,34H,6,8,10-13H2,2-4H3,(H,31,32);1,5,7,12,16-18,21-22H,4,6,8-11H2,2H3;5-6H,1-2H3;/q;;;;+1/p-1/t2*20?,21?,22?,23-,24+,27-,28-;16?,17?,18?,19-,20-;5-,6-;/m0000./s1. The van der Waals surface area contributed by atoms with Gasteiger partial charge in [-0.25, -0.2) is 24.0 Å². The molecule has 0 bridgehead atoms. The van der Waals surface area contributed by atoms with Gasteiger partial charge in [-0.15, -0.1) is 19.3 Å². The van der Waals surface area contributed by atoms with Crippen LogP contribution in [0.2, 0.25) is 0 Å². The molecule has 27 nitrogen and oxygen atoms in total. The van der Waals surface area contributed by atoms with Crippen molar-refractivity contribution in [1.29, 1.82) is 0 Å². The first kappa shape index (κ1) is 86.8. The van der Waals surface area contributed by atoms with Crippen molar-refractivity contribution < 1.29 is 160 Å². The van der Waals surface area contributed by atoms with Crippen LogP contribution in [0.1, 0.15) is 210 Å². The zero-order chi connectivity index (χ0) is 81.4. The maximum Gasteiger partial charge on any atom is 1.00 e. The smallest absolute Gasteiger partial charge is 0.546 e. The summed E-state index contributed by atoms with van der Waals surface area (Å²) in [5, 5.41) is 63.7. The first-order valence-corrected chi connectivity index (χ1v) is 37.5. The third kappa shape index (κ3) is 17.1. The van der Waals surface area contributed by atoms with E-state index < -0.39 is 125 Å². The van der Waals surface area contributed by atoms with Crippen LogP contribution in [0.3, 0.4) is 0 Å². The van der Waals surface area contributed by atoms with Gasteiger partial charge in [-0.2, -0.15) is 0 Å². The van der Waals surface area contributed by atoms with Crippen LogP contribution < -0.4 is 44.1 Å². The van der Waals surface area contributed by atoms with Crippen LogP contribution in [0.15, 0.2) is 54.6 Å². The predicted octanol–water partition coefficient (Wildman–Crippen LogP) is 3.74. The number of hydrogen-bond acceptors (Lipinski definition) is 26. The quantitative estimate of drug-likeness (QED) is 0.0383. The Morgan fingerprint density at radius 2 is 0.768 bits per heavy atom. The number of carbonyl (C=O) groups excluding carboxylic acids is 11. The molecule has 112 heavy (non-hydrogen) atoms. The van der Waals surface area contributed by atoms with E-state index in [1.807, 2.05) is 24.3 Å². The molecule has 13 rings (SSSR count). The first-order chi connectivity index (χ1) is 52.2. The molecule has 7 fully saturated rings. The Morgan fingerprint density at radius 3 is 1.08 bits per heavy atom. The molecule has 6 saturated carbocycles. The van der Waals surface area contributed by atoms with Gasteiger partial charge in [0.15, 0.2) is 6.10 Å². The van der Waals surface area contributed by atoms with Crippen molar-refractivity contribution in [2.24, 2.45) is 51.8 Å². The van der Waals surface area contributed by atoms with E-state index in [1.54, 1.807) is 24.3 Å². The third-order valence-corrected chi connectivity index (χ3v) is 25.9. The summed E-state index contributed by atoms with van der Waals surface area (Å²) in [6.07, 6.45) is 21.8. The van der Waals surface area contributed by atoms with E-state index in [9.17, 15) is 88.2 Å². The number of terminal acetylenes is 3. The molecule has 594 valence electrons. The number of esters is 10. The summed E-state index contributed by atoms with van der Waals surface area (Å²) in [6.45, 7) is 12.5. The van der Waals surface area contributed by atoms with Crippen molar-refractivity contribution in [2.45, 2.75) is 249 Å². The fourth-order valence-corrected chi connectivity index (χ4v) is 20.6. The normalized spacial score (nSPS) is 32.5. The second kappa shape index (κ2) is 34.3. The van der Waals surface area contributed by atoms with Gasteiger partial charge in [-0.3, -0.25) is 28.8 Å². The Kier molecular flexibility index (Phi) is 26.6. The van der Waals surface area contributed by atoms with Crippen LogP contribution in [0.25, 0.3) is 0 Å². The zero-order valence-electron chi connectivity index (χ0n) is 64.5. The summed E-state index contributed by atoms with van der Waals surface area (Å²) >= 11 is 0. The van der Waals surface area contributed by atoms with E-state index in [-0.39, 0.29) is 57.3 Å². The van der Waals surface area contributed by atoms with Gasteiger partial charge in [0.05, 0.1) is 5.97 Å². The number of aliphatic hydroxyl groups is 3. The van der Waals surface area contributed by atoms with Crippen LogP contribution in [0.5, 0.6) is 17.2 Å². The molecule has 3 aromatic carbocycles. The Balaban J connectivity index is 0.000000180. The number of benzene rings is 3. The average molecular weight is 1560 g/mol. The number of fused-ring (bicyclic) bond motifs is 15. The number of aromatic hydroxyl groups is 1. The Labute approximate surface area is 671 Å². The summed E-state index contributed by atoms with van der Waals surface area (Å²) in [6, 6.07) is 16.4. The maximum atomic E-state index is 12.8. The number of cyclic esters (lactones) is 2. The maximum absolute atomic E-state index is 12.8. The number of rotatable bonds is 14. The second-order valence-electron chi connectivity index (χ2n) is 31.8. The van der Waals surface area contributed by atoms with Crippen molar-refractivity contribution in [3.63, 3.8) is 0 Å². The molecule has 1 aliphatic heterocycles. The van der Waals surface area contributed by atoms with Crippen LogP contribution >= 0.6 is 0 Å². The molecule has 0 radical (unpaired) electrons. The molecule has 0 amide bonds. The van der Waals surface area contributed by atoms with Gasteiger partial charge >= 0.3 is 95.2 Å². The number of carbonyl (C=O) groups is 12. The number of ether oxygens (including phenoxy) is 9. The fourth-order valence-electron chi connectivity index (χ4n) is 20.6. The van der Waals surface area contributed by atoms with Crippen molar-refractivity contribution in [1.82, 2.24) is 0 Å². The molecule has 9 aliphatic carbocycles. The van der Waals surface area contributed by atoms with Gasteiger partial charge in [-0.1, -0.05) is 56.7 Å². The minimum absolute atomic E-state index is 0.